The number of nitrogens with two attached hydrogens (primary N) is 1. The van der Waals surface area contributed by atoms with E-state index < -0.39 is 0 Å². The Hall–Kier alpha value is -1.58. The standard InChI is InChI=1S/C17H16BrNO/c1-10-6-7-15-12(8-10)9-16(20-15)17(19)13-4-3-5-14(18)11(13)2/h3-9,17H,19H2,1-2H3. The largest absolute Gasteiger partial charge is 0.459 e. The third kappa shape index (κ3) is 2.28. The molecule has 0 aliphatic heterocycles. The van der Waals surface area contributed by atoms with Crippen molar-refractivity contribution < 1.29 is 4.42 Å². The highest BCUT2D eigenvalue weighted by Gasteiger charge is 2.17. The molecule has 20 heavy (non-hydrogen) atoms. The molecule has 2 nitrogen and oxygen atoms in total. The minimum atomic E-state index is -0.250. The van der Waals surface area contributed by atoms with Gasteiger partial charge in [0, 0.05) is 9.86 Å². The van der Waals surface area contributed by atoms with Crippen molar-refractivity contribution >= 4 is 26.9 Å². The predicted molar refractivity (Wildman–Crippen MR) is 85.9 cm³/mol. The zero-order valence-electron chi connectivity index (χ0n) is 11.5. The molecule has 0 bridgehead atoms. The smallest absolute Gasteiger partial charge is 0.134 e. The molecule has 3 heteroatoms. The van der Waals surface area contributed by atoms with Crippen LogP contribution in [0.4, 0.5) is 0 Å². The summed E-state index contributed by atoms with van der Waals surface area (Å²) in [5.74, 6) is 0.798. The Morgan fingerprint density at radius 2 is 1.90 bits per heavy atom. The van der Waals surface area contributed by atoms with Crippen molar-refractivity contribution in [3.05, 3.63) is 69.4 Å². The molecule has 1 unspecified atom stereocenters. The van der Waals surface area contributed by atoms with E-state index in [1.807, 2.05) is 36.4 Å². The Balaban J connectivity index is 2.08. The van der Waals surface area contributed by atoms with E-state index in [0.29, 0.717) is 0 Å². The molecule has 0 fully saturated rings. The molecule has 2 aromatic carbocycles. The summed E-state index contributed by atoms with van der Waals surface area (Å²) in [5.41, 5.74) is 10.7. The predicted octanol–water partition coefficient (Wildman–Crippen LogP) is 4.86. The minimum Gasteiger partial charge on any atom is -0.459 e. The van der Waals surface area contributed by atoms with Crippen LogP contribution < -0.4 is 5.73 Å². The Kier molecular flexibility index (Phi) is 3.40. The van der Waals surface area contributed by atoms with Crippen molar-refractivity contribution in [2.75, 3.05) is 0 Å². The number of hydrogen-bond donors (Lipinski definition) is 1. The maximum Gasteiger partial charge on any atom is 0.134 e. The van der Waals surface area contributed by atoms with E-state index >= 15 is 0 Å². The molecule has 1 aromatic heterocycles. The van der Waals surface area contributed by atoms with Crippen LogP contribution in [0.5, 0.6) is 0 Å². The number of aryl methyl sites for hydroxylation is 1. The number of halogens is 1. The number of furan rings is 1. The second-order valence-electron chi connectivity index (χ2n) is 5.12. The zero-order chi connectivity index (χ0) is 14.3. The number of fused-ring (bicyclic) bond motifs is 1. The van der Waals surface area contributed by atoms with Gasteiger partial charge in [-0.15, -0.1) is 0 Å². The quantitative estimate of drug-likeness (QED) is 0.729. The highest BCUT2D eigenvalue weighted by molar-refractivity contribution is 9.10. The monoisotopic (exact) mass is 329 g/mol. The van der Waals surface area contributed by atoms with Crippen LogP contribution >= 0.6 is 15.9 Å². The first-order chi connectivity index (χ1) is 9.56. The highest BCUT2D eigenvalue weighted by atomic mass is 79.9. The van der Waals surface area contributed by atoms with Gasteiger partial charge in [-0.1, -0.05) is 39.7 Å². The molecule has 102 valence electrons. The molecule has 3 rings (SSSR count). The van der Waals surface area contributed by atoms with Crippen LogP contribution in [0, 0.1) is 13.8 Å². The summed E-state index contributed by atoms with van der Waals surface area (Å²) in [6.45, 7) is 4.14. The third-order valence-corrected chi connectivity index (χ3v) is 4.50. The topological polar surface area (TPSA) is 39.2 Å². The van der Waals surface area contributed by atoms with E-state index in [9.17, 15) is 0 Å². The Morgan fingerprint density at radius 3 is 2.70 bits per heavy atom. The van der Waals surface area contributed by atoms with Crippen molar-refractivity contribution in [3.63, 3.8) is 0 Å². The molecule has 0 spiro atoms. The summed E-state index contributed by atoms with van der Waals surface area (Å²) < 4.78 is 6.96. The van der Waals surface area contributed by atoms with Crippen molar-refractivity contribution in [2.45, 2.75) is 19.9 Å². The Morgan fingerprint density at radius 1 is 1.10 bits per heavy atom. The number of hydrogen-bond acceptors (Lipinski definition) is 2. The Bertz CT molecular complexity index is 776. The van der Waals surface area contributed by atoms with Gasteiger partial charge >= 0.3 is 0 Å². The van der Waals surface area contributed by atoms with Gasteiger partial charge in [-0.25, -0.2) is 0 Å². The molecule has 1 heterocycles. The SMILES string of the molecule is Cc1ccc2oc(C(N)c3cccc(Br)c3C)cc2c1. The van der Waals surface area contributed by atoms with Gasteiger partial charge in [-0.05, 0) is 49.2 Å². The first-order valence-corrected chi connectivity index (χ1v) is 7.36. The van der Waals surface area contributed by atoms with Crippen LogP contribution in [0.25, 0.3) is 11.0 Å². The molecular formula is C17H16BrNO. The maximum atomic E-state index is 6.37. The van der Waals surface area contributed by atoms with Crippen LogP contribution in [-0.4, -0.2) is 0 Å². The van der Waals surface area contributed by atoms with E-state index in [1.54, 1.807) is 0 Å². The van der Waals surface area contributed by atoms with Crippen molar-refractivity contribution in [1.29, 1.82) is 0 Å². The summed E-state index contributed by atoms with van der Waals surface area (Å²) in [7, 11) is 0. The molecule has 0 aliphatic rings. The average molecular weight is 330 g/mol. The van der Waals surface area contributed by atoms with Crippen molar-refractivity contribution in [2.24, 2.45) is 5.73 Å². The number of benzene rings is 2. The fraction of sp³-hybridized carbons (Fsp3) is 0.176. The van der Waals surface area contributed by atoms with Gasteiger partial charge in [0.15, 0.2) is 0 Å². The normalized spacial score (nSPS) is 12.8. The minimum absolute atomic E-state index is 0.250. The van der Waals surface area contributed by atoms with Crippen LogP contribution in [0.15, 0.2) is 51.4 Å². The first kappa shape index (κ1) is 13.4. The lowest BCUT2D eigenvalue weighted by molar-refractivity contribution is 0.524. The second kappa shape index (κ2) is 5.08. The summed E-state index contributed by atoms with van der Waals surface area (Å²) in [4.78, 5) is 0. The molecular weight excluding hydrogens is 314 g/mol. The molecule has 0 radical (unpaired) electrons. The molecule has 3 aromatic rings. The van der Waals surface area contributed by atoms with E-state index in [1.165, 1.54) is 5.56 Å². The molecule has 0 saturated carbocycles. The van der Waals surface area contributed by atoms with Crippen LogP contribution in [0.3, 0.4) is 0 Å². The first-order valence-electron chi connectivity index (χ1n) is 6.57. The number of rotatable bonds is 2. The summed E-state index contributed by atoms with van der Waals surface area (Å²) in [6, 6.07) is 14.0. The van der Waals surface area contributed by atoms with Crippen LogP contribution in [-0.2, 0) is 0 Å². The summed E-state index contributed by atoms with van der Waals surface area (Å²) in [6.07, 6.45) is 0. The zero-order valence-corrected chi connectivity index (χ0v) is 13.1. The van der Waals surface area contributed by atoms with Crippen LogP contribution in [0.2, 0.25) is 0 Å². The maximum absolute atomic E-state index is 6.37. The van der Waals surface area contributed by atoms with Crippen molar-refractivity contribution in [1.82, 2.24) is 0 Å². The Labute approximate surface area is 126 Å². The van der Waals surface area contributed by atoms with Gasteiger partial charge in [-0.2, -0.15) is 0 Å². The van der Waals surface area contributed by atoms with Gasteiger partial charge in [-0.3, -0.25) is 0 Å². The second-order valence-corrected chi connectivity index (χ2v) is 5.98. The van der Waals surface area contributed by atoms with Crippen LogP contribution in [0.1, 0.15) is 28.5 Å². The molecule has 0 aliphatic carbocycles. The van der Waals surface area contributed by atoms with Gasteiger partial charge < -0.3 is 10.2 Å². The van der Waals surface area contributed by atoms with E-state index in [2.05, 4.69) is 35.8 Å². The molecule has 0 amide bonds. The van der Waals surface area contributed by atoms with Gasteiger partial charge in [0.25, 0.3) is 0 Å². The molecule has 0 saturated heterocycles. The van der Waals surface area contributed by atoms with E-state index in [-0.39, 0.29) is 6.04 Å². The highest BCUT2D eigenvalue weighted by Crippen LogP contribution is 2.31. The fourth-order valence-corrected chi connectivity index (χ4v) is 2.83. The lowest BCUT2D eigenvalue weighted by Gasteiger charge is -2.13. The molecule has 1 atom stereocenters. The van der Waals surface area contributed by atoms with Gasteiger partial charge in [0.1, 0.15) is 11.3 Å². The summed E-state index contributed by atoms with van der Waals surface area (Å²) in [5, 5.41) is 1.10. The summed E-state index contributed by atoms with van der Waals surface area (Å²) >= 11 is 3.54. The average Bonchev–Trinajstić information content (AvgIpc) is 2.84. The third-order valence-electron chi connectivity index (χ3n) is 3.64. The fourth-order valence-electron chi connectivity index (χ4n) is 2.45. The lowest BCUT2D eigenvalue weighted by atomic mass is 10.00. The van der Waals surface area contributed by atoms with Gasteiger partial charge in [0.2, 0.25) is 0 Å². The lowest BCUT2D eigenvalue weighted by Crippen LogP contribution is -2.12. The molecule has 2 N–H and O–H groups in total. The van der Waals surface area contributed by atoms with Crippen molar-refractivity contribution in [3.8, 4) is 0 Å². The van der Waals surface area contributed by atoms with Gasteiger partial charge in [0.05, 0.1) is 6.04 Å². The van der Waals surface area contributed by atoms with E-state index in [4.69, 9.17) is 10.2 Å². The van der Waals surface area contributed by atoms with E-state index in [0.717, 1.165) is 32.3 Å².